The molecule has 108 valence electrons. The Bertz CT molecular complexity index is 711. The van der Waals surface area contributed by atoms with Crippen LogP contribution in [-0.2, 0) is 5.54 Å². The van der Waals surface area contributed by atoms with Crippen LogP contribution < -0.4 is 10.6 Å². The molecule has 1 unspecified atom stereocenters. The van der Waals surface area contributed by atoms with Crippen LogP contribution in [-0.4, -0.2) is 12.5 Å². The number of hydrogen-bond acceptors (Lipinski definition) is 3. The van der Waals surface area contributed by atoms with Gasteiger partial charge >= 0.3 is 0 Å². The lowest BCUT2D eigenvalue weighted by atomic mass is 9.89. The summed E-state index contributed by atoms with van der Waals surface area (Å²) >= 11 is 0. The molecule has 21 heavy (non-hydrogen) atoms. The number of halogens is 1. The zero-order valence-electron chi connectivity index (χ0n) is 12.2. The third kappa shape index (κ3) is 2.07. The number of para-hydroxylation sites is 1. The summed E-state index contributed by atoms with van der Waals surface area (Å²) in [4.78, 5) is 6.29. The molecule has 1 heterocycles. The van der Waals surface area contributed by atoms with Gasteiger partial charge in [-0.3, -0.25) is 4.99 Å². The number of benzene rings is 2. The molecule has 0 saturated carbocycles. The van der Waals surface area contributed by atoms with Gasteiger partial charge in [0.2, 0.25) is 0 Å². The Morgan fingerprint density at radius 1 is 1.14 bits per heavy atom. The normalized spacial score (nSPS) is 21.5. The number of rotatable bonds is 2. The molecular formula is C17H18FN3. The smallest absolute Gasteiger partial charge is 0.196 e. The number of nitrogens with two attached hydrogens (primary N) is 1. The molecule has 1 atom stereocenters. The van der Waals surface area contributed by atoms with Gasteiger partial charge in [0.15, 0.2) is 5.96 Å². The Balaban J connectivity index is 2.16. The van der Waals surface area contributed by atoms with Crippen molar-refractivity contribution in [1.82, 2.24) is 0 Å². The summed E-state index contributed by atoms with van der Waals surface area (Å²) in [5, 5.41) is 0. The standard InChI is InChI=1S/C17H18FN3/c1-12-7-3-6-10-15(12)21-16(19)20-11-17(21,2)13-8-4-5-9-14(13)18/h3-10H,11H2,1-2H3,(H2,19,20). The van der Waals surface area contributed by atoms with Gasteiger partial charge in [0.25, 0.3) is 0 Å². The van der Waals surface area contributed by atoms with Gasteiger partial charge in [-0.05, 0) is 31.5 Å². The number of guanidine groups is 1. The molecule has 2 aromatic carbocycles. The van der Waals surface area contributed by atoms with E-state index in [0.29, 0.717) is 18.1 Å². The SMILES string of the molecule is Cc1ccccc1N1C(N)=NCC1(C)c1ccccc1F. The Morgan fingerprint density at radius 3 is 2.52 bits per heavy atom. The number of nitrogens with zero attached hydrogens (tertiary/aromatic N) is 2. The summed E-state index contributed by atoms with van der Waals surface area (Å²) in [7, 11) is 0. The summed E-state index contributed by atoms with van der Waals surface area (Å²) in [5.41, 5.74) is 8.14. The van der Waals surface area contributed by atoms with E-state index in [1.54, 1.807) is 12.1 Å². The van der Waals surface area contributed by atoms with E-state index in [2.05, 4.69) is 4.99 Å². The average Bonchev–Trinajstić information content (AvgIpc) is 2.77. The fourth-order valence-electron chi connectivity index (χ4n) is 2.94. The van der Waals surface area contributed by atoms with E-state index in [-0.39, 0.29) is 5.82 Å². The molecule has 1 aliphatic rings. The van der Waals surface area contributed by atoms with Crippen molar-refractivity contribution < 1.29 is 4.39 Å². The van der Waals surface area contributed by atoms with E-state index in [4.69, 9.17) is 5.73 Å². The second kappa shape index (κ2) is 4.88. The molecule has 0 spiro atoms. The fourth-order valence-corrected chi connectivity index (χ4v) is 2.94. The molecule has 0 saturated heterocycles. The van der Waals surface area contributed by atoms with Gasteiger partial charge < -0.3 is 10.6 Å². The first-order chi connectivity index (χ1) is 10.0. The Kier molecular flexibility index (Phi) is 3.16. The maximum atomic E-state index is 14.3. The molecule has 3 nitrogen and oxygen atoms in total. The molecule has 0 fully saturated rings. The van der Waals surface area contributed by atoms with Crippen molar-refractivity contribution in [2.75, 3.05) is 11.4 Å². The van der Waals surface area contributed by atoms with Gasteiger partial charge in [-0.25, -0.2) is 4.39 Å². The summed E-state index contributed by atoms with van der Waals surface area (Å²) in [6.45, 7) is 4.43. The van der Waals surface area contributed by atoms with E-state index in [1.165, 1.54) is 6.07 Å². The predicted molar refractivity (Wildman–Crippen MR) is 83.9 cm³/mol. The minimum atomic E-state index is -0.610. The first-order valence-corrected chi connectivity index (χ1v) is 6.95. The molecule has 3 rings (SSSR count). The largest absolute Gasteiger partial charge is 0.369 e. The van der Waals surface area contributed by atoms with E-state index < -0.39 is 5.54 Å². The van der Waals surface area contributed by atoms with Crippen LogP contribution >= 0.6 is 0 Å². The van der Waals surface area contributed by atoms with Crippen molar-refractivity contribution in [3.05, 3.63) is 65.5 Å². The first-order valence-electron chi connectivity index (χ1n) is 6.95. The van der Waals surface area contributed by atoms with Gasteiger partial charge in [-0.2, -0.15) is 0 Å². The average molecular weight is 283 g/mol. The number of anilines is 1. The van der Waals surface area contributed by atoms with Crippen molar-refractivity contribution >= 4 is 11.6 Å². The lowest BCUT2D eigenvalue weighted by Gasteiger charge is -2.37. The van der Waals surface area contributed by atoms with Crippen LogP contribution in [0.1, 0.15) is 18.1 Å². The molecule has 1 aliphatic heterocycles. The highest BCUT2D eigenvalue weighted by atomic mass is 19.1. The first kappa shape index (κ1) is 13.6. The van der Waals surface area contributed by atoms with Gasteiger partial charge in [-0.1, -0.05) is 36.4 Å². The number of aliphatic imine (C=N–C) groups is 1. The van der Waals surface area contributed by atoms with E-state index in [9.17, 15) is 4.39 Å². The highest BCUT2D eigenvalue weighted by Gasteiger charge is 2.42. The Labute approximate surface area is 123 Å². The number of hydrogen-bond donors (Lipinski definition) is 1. The van der Waals surface area contributed by atoms with Crippen molar-refractivity contribution in [3.63, 3.8) is 0 Å². The highest BCUT2D eigenvalue weighted by Crippen LogP contribution is 2.38. The van der Waals surface area contributed by atoms with Gasteiger partial charge in [0, 0.05) is 11.3 Å². The monoisotopic (exact) mass is 283 g/mol. The fraction of sp³-hybridized carbons (Fsp3) is 0.235. The van der Waals surface area contributed by atoms with E-state index in [1.807, 2.05) is 49.1 Å². The van der Waals surface area contributed by atoms with Crippen LogP contribution in [0.25, 0.3) is 0 Å². The molecule has 2 N–H and O–H groups in total. The molecule has 0 aromatic heterocycles. The van der Waals surface area contributed by atoms with Gasteiger partial charge in [-0.15, -0.1) is 0 Å². The summed E-state index contributed by atoms with van der Waals surface area (Å²) in [6, 6.07) is 14.7. The zero-order valence-corrected chi connectivity index (χ0v) is 12.2. The molecule has 0 aliphatic carbocycles. The van der Waals surface area contributed by atoms with Crippen LogP contribution in [0.15, 0.2) is 53.5 Å². The lowest BCUT2D eigenvalue weighted by Crippen LogP contribution is -2.48. The highest BCUT2D eigenvalue weighted by molar-refractivity contribution is 5.99. The van der Waals surface area contributed by atoms with E-state index in [0.717, 1.165) is 11.3 Å². The lowest BCUT2D eigenvalue weighted by molar-refractivity contribution is 0.488. The summed E-state index contributed by atoms with van der Waals surface area (Å²) in [5.74, 6) is 0.193. The third-order valence-electron chi connectivity index (χ3n) is 4.08. The van der Waals surface area contributed by atoms with Crippen LogP contribution in [0.3, 0.4) is 0 Å². The van der Waals surface area contributed by atoms with Crippen LogP contribution in [0.2, 0.25) is 0 Å². The van der Waals surface area contributed by atoms with Crippen LogP contribution in [0.4, 0.5) is 10.1 Å². The van der Waals surface area contributed by atoms with Crippen molar-refractivity contribution in [2.45, 2.75) is 19.4 Å². The van der Waals surface area contributed by atoms with E-state index >= 15 is 0 Å². The van der Waals surface area contributed by atoms with Crippen molar-refractivity contribution in [3.8, 4) is 0 Å². The summed E-state index contributed by atoms with van der Waals surface area (Å²) in [6.07, 6.45) is 0. The minimum Gasteiger partial charge on any atom is -0.369 e. The van der Waals surface area contributed by atoms with Gasteiger partial charge in [0.05, 0.1) is 12.1 Å². The minimum absolute atomic E-state index is 0.233. The second-order valence-electron chi connectivity index (χ2n) is 5.55. The predicted octanol–water partition coefficient (Wildman–Crippen LogP) is 3.18. The van der Waals surface area contributed by atoms with Crippen molar-refractivity contribution in [1.29, 1.82) is 0 Å². The molecule has 0 amide bonds. The molecular weight excluding hydrogens is 265 g/mol. The zero-order chi connectivity index (χ0) is 15.0. The van der Waals surface area contributed by atoms with Crippen molar-refractivity contribution in [2.24, 2.45) is 10.7 Å². The maximum Gasteiger partial charge on any atom is 0.196 e. The Morgan fingerprint density at radius 2 is 1.81 bits per heavy atom. The molecule has 4 heteroatoms. The Hall–Kier alpha value is -2.36. The third-order valence-corrected chi connectivity index (χ3v) is 4.08. The van der Waals surface area contributed by atoms with Crippen LogP contribution in [0, 0.1) is 12.7 Å². The second-order valence-corrected chi connectivity index (χ2v) is 5.55. The number of aryl methyl sites for hydroxylation is 1. The van der Waals surface area contributed by atoms with Gasteiger partial charge in [0.1, 0.15) is 5.82 Å². The molecule has 2 aromatic rings. The molecule has 0 bridgehead atoms. The summed E-state index contributed by atoms with van der Waals surface area (Å²) < 4.78 is 14.3. The van der Waals surface area contributed by atoms with Crippen LogP contribution in [0.5, 0.6) is 0 Å². The topological polar surface area (TPSA) is 41.6 Å². The molecule has 0 radical (unpaired) electrons. The quantitative estimate of drug-likeness (QED) is 0.919. The maximum absolute atomic E-state index is 14.3.